The Balaban J connectivity index is 1.05. The number of likely N-dealkylation sites (tertiary alicyclic amines) is 1. The van der Waals surface area contributed by atoms with Gasteiger partial charge in [0.1, 0.15) is 0 Å². The normalized spacial score (nSPS) is 40.2. The lowest BCUT2D eigenvalue weighted by atomic mass is 9.47. The molecule has 39 heavy (non-hydrogen) atoms. The maximum Gasteiger partial charge on any atom is 0.222 e. The molecule has 1 amide bonds. The molecule has 4 nitrogen and oxygen atoms in total. The van der Waals surface area contributed by atoms with Crippen LogP contribution in [0.15, 0.2) is 42.0 Å². The van der Waals surface area contributed by atoms with Gasteiger partial charge in [-0.05, 0) is 117 Å². The van der Waals surface area contributed by atoms with Crippen molar-refractivity contribution in [3.63, 3.8) is 0 Å². The number of rotatable bonds is 5. The molecule has 1 heterocycles. The van der Waals surface area contributed by atoms with Crippen molar-refractivity contribution in [3.8, 4) is 0 Å². The van der Waals surface area contributed by atoms with Gasteiger partial charge in [-0.2, -0.15) is 0 Å². The summed E-state index contributed by atoms with van der Waals surface area (Å²) < 4.78 is 0. The number of amides is 1. The van der Waals surface area contributed by atoms with E-state index in [9.17, 15) is 15.0 Å². The van der Waals surface area contributed by atoms with E-state index in [2.05, 4.69) is 26.8 Å². The molecule has 4 aliphatic carbocycles. The second-order valence-electron chi connectivity index (χ2n) is 14.7. The first-order valence-electron chi connectivity index (χ1n) is 16.1. The summed E-state index contributed by atoms with van der Waals surface area (Å²) in [6.07, 6.45) is 14.9. The molecule has 1 saturated heterocycles. The first-order chi connectivity index (χ1) is 18.6. The minimum absolute atomic E-state index is 0.130. The first-order valence-corrected chi connectivity index (χ1v) is 16.1. The van der Waals surface area contributed by atoms with E-state index in [0.29, 0.717) is 55.0 Å². The highest BCUT2D eigenvalue weighted by Gasteiger charge is 2.59. The number of fused-ring (bicyclic) bond motifs is 5. The Morgan fingerprint density at radius 1 is 1.00 bits per heavy atom. The van der Waals surface area contributed by atoms with Crippen molar-refractivity contribution in [1.29, 1.82) is 0 Å². The smallest absolute Gasteiger partial charge is 0.222 e. The number of carbonyl (C=O) groups excluding carboxylic acids is 1. The molecule has 0 unspecified atom stereocenters. The maximum absolute atomic E-state index is 13.2. The van der Waals surface area contributed by atoms with Crippen molar-refractivity contribution in [2.24, 2.45) is 40.4 Å². The molecule has 0 radical (unpaired) electrons. The van der Waals surface area contributed by atoms with Crippen LogP contribution in [-0.2, 0) is 10.4 Å². The molecule has 1 aromatic carbocycles. The summed E-state index contributed by atoms with van der Waals surface area (Å²) in [6, 6.07) is 9.96. The van der Waals surface area contributed by atoms with Gasteiger partial charge in [0.05, 0.1) is 11.7 Å². The number of carbonyl (C=O) groups is 1. The molecule has 0 bridgehead atoms. The lowest BCUT2D eigenvalue weighted by Crippen LogP contribution is -2.50. The quantitative estimate of drug-likeness (QED) is 0.407. The van der Waals surface area contributed by atoms with Crippen LogP contribution < -0.4 is 0 Å². The molecule has 214 valence electrons. The Morgan fingerprint density at radius 2 is 1.74 bits per heavy atom. The number of nitrogens with zero attached hydrogens (tertiary/aromatic N) is 1. The van der Waals surface area contributed by atoms with Crippen molar-refractivity contribution >= 4 is 5.91 Å². The second kappa shape index (κ2) is 10.3. The fourth-order valence-electron chi connectivity index (χ4n) is 10.5. The van der Waals surface area contributed by atoms with Gasteiger partial charge < -0.3 is 15.1 Å². The van der Waals surface area contributed by atoms with Crippen LogP contribution in [0, 0.1) is 40.4 Å². The summed E-state index contributed by atoms with van der Waals surface area (Å²) >= 11 is 0. The van der Waals surface area contributed by atoms with Crippen LogP contribution >= 0.6 is 0 Å². The predicted octanol–water partition coefficient (Wildman–Crippen LogP) is 6.85. The molecule has 8 atom stereocenters. The Kier molecular flexibility index (Phi) is 7.28. The van der Waals surface area contributed by atoms with E-state index in [1.165, 1.54) is 32.1 Å². The van der Waals surface area contributed by atoms with Crippen molar-refractivity contribution in [2.45, 2.75) is 110 Å². The molecule has 0 spiro atoms. The van der Waals surface area contributed by atoms with Gasteiger partial charge in [-0.1, -0.05) is 62.8 Å². The van der Waals surface area contributed by atoms with Gasteiger partial charge in [0, 0.05) is 19.5 Å². The van der Waals surface area contributed by atoms with Gasteiger partial charge in [0.25, 0.3) is 0 Å². The van der Waals surface area contributed by atoms with Gasteiger partial charge in [0.15, 0.2) is 0 Å². The summed E-state index contributed by atoms with van der Waals surface area (Å²) in [4.78, 5) is 15.2. The molecule has 0 aromatic heterocycles. The average molecular weight is 534 g/mol. The molecule has 2 N–H and O–H groups in total. The Hall–Kier alpha value is -1.65. The van der Waals surface area contributed by atoms with E-state index in [0.717, 1.165) is 49.0 Å². The van der Waals surface area contributed by atoms with E-state index in [4.69, 9.17) is 0 Å². The number of piperidine rings is 1. The molecule has 1 aliphatic heterocycles. The third kappa shape index (κ3) is 4.72. The fraction of sp³-hybridized carbons (Fsp3) is 0.743. The van der Waals surface area contributed by atoms with Gasteiger partial charge in [0.2, 0.25) is 5.91 Å². The zero-order valence-electron chi connectivity index (χ0n) is 24.6. The van der Waals surface area contributed by atoms with E-state index in [1.807, 2.05) is 35.2 Å². The van der Waals surface area contributed by atoms with Crippen LogP contribution in [0.4, 0.5) is 0 Å². The van der Waals surface area contributed by atoms with Crippen LogP contribution in [0.5, 0.6) is 0 Å². The molecule has 5 aliphatic rings. The zero-order chi connectivity index (χ0) is 27.4. The number of aliphatic hydroxyl groups is 2. The molecular formula is C35H51NO3. The SMILES string of the molecule is C[C@H](CCC(=O)N1CCC(O)(c2ccccc2)CC1)[C@H]1CC[C@H]2[C@@H]3CC=C4C[C@@H](O)CC[C@]4(C)[C@H]3CC[C@]12C. The Labute approximate surface area is 236 Å². The maximum atomic E-state index is 13.2. The Bertz CT molecular complexity index is 1070. The van der Waals surface area contributed by atoms with Crippen LogP contribution in [0.3, 0.4) is 0 Å². The fourth-order valence-corrected chi connectivity index (χ4v) is 10.5. The third-order valence-corrected chi connectivity index (χ3v) is 12.9. The van der Waals surface area contributed by atoms with E-state index >= 15 is 0 Å². The van der Waals surface area contributed by atoms with E-state index in [-0.39, 0.29) is 12.0 Å². The van der Waals surface area contributed by atoms with Gasteiger partial charge >= 0.3 is 0 Å². The molecule has 4 fully saturated rings. The number of hydrogen-bond donors (Lipinski definition) is 2. The number of allylic oxidation sites excluding steroid dienone is 1. The topological polar surface area (TPSA) is 60.8 Å². The van der Waals surface area contributed by atoms with Crippen LogP contribution in [-0.4, -0.2) is 40.2 Å². The van der Waals surface area contributed by atoms with Gasteiger partial charge in [-0.25, -0.2) is 0 Å². The monoisotopic (exact) mass is 533 g/mol. The summed E-state index contributed by atoms with van der Waals surface area (Å²) in [6.45, 7) is 8.84. The van der Waals surface area contributed by atoms with Crippen LogP contribution in [0.1, 0.15) is 103 Å². The van der Waals surface area contributed by atoms with E-state index < -0.39 is 5.60 Å². The Morgan fingerprint density at radius 3 is 2.49 bits per heavy atom. The summed E-state index contributed by atoms with van der Waals surface area (Å²) in [5.41, 5.74) is 2.44. The minimum Gasteiger partial charge on any atom is -0.393 e. The lowest BCUT2D eigenvalue weighted by Gasteiger charge is -2.58. The highest BCUT2D eigenvalue weighted by atomic mass is 16.3. The molecule has 1 aromatic rings. The lowest BCUT2D eigenvalue weighted by molar-refractivity contribution is -0.136. The van der Waals surface area contributed by atoms with Crippen LogP contribution in [0.2, 0.25) is 0 Å². The standard InChI is InChI=1S/C35H51NO3/c1-24(9-14-32(38)36-21-19-35(39,20-22-36)25-7-5-4-6-8-25)29-12-13-30-28-11-10-26-23-27(37)15-17-33(26,2)31(28)16-18-34(29,30)3/h4-8,10,24,27-31,37,39H,9,11-23H2,1-3H3/t24-,27+,28+,29-,30+,31+,33+,34-/m1/s1. The molecule has 3 saturated carbocycles. The molecular weight excluding hydrogens is 482 g/mol. The van der Waals surface area contributed by atoms with Crippen LogP contribution in [0.25, 0.3) is 0 Å². The van der Waals surface area contributed by atoms with Crippen molar-refractivity contribution in [1.82, 2.24) is 4.90 Å². The molecule has 6 rings (SSSR count). The van der Waals surface area contributed by atoms with Crippen molar-refractivity contribution < 1.29 is 15.0 Å². The zero-order valence-corrected chi connectivity index (χ0v) is 24.6. The summed E-state index contributed by atoms with van der Waals surface area (Å²) in [5.74, 6) is 3.95. The van der Waals surface area contributed by atoms with E-state index in [1.54, 1.807) is 5.57 Å². The predicted molar refractivity (Wildman–Crippen MR) is 156 cm³/mol. The largest absolute Gasteiger partial charge is 0.393 e. The minimum atomic E-state index is -0.804. The van der Waals surface area contributed by atoms with Crippen molar-refractivity contribution in [3.05, 3.63) is 47.5 Å². The first kappa shape index (κ1) is 27.5. The number of aliphatic hydroxyl groups excluding tert-OH is 1. The molecule has 4 heteroatoms. The summed E-state index contributed by atoms with van der Waals surface area (Å²) in [7, 11) is 0. The highest BCUT2D eigenvalue weighted by Crippen LogP contribution is 2.67. The van der Waals surface area contributed by atoms with Gasteiger partial charge in [-0.3, -0.25) is 4.79 Å². The number of hydrogen-bond acceptors (Lipinski definition) is 3. The highest BCUT2D eigenvalue weighted by molar-refractivity contribution is 5.76. The second-order valence-corrected chi connectivity index (χ2v) is 14.7. The summed E-state index contributed by atoms with van der Waals surface area (Å²) in [5, 5.41) is 21.5. The van der Waals surface area contributed by atoms with Gasteiger partial charge in [-0.15, -0.1) is 0 Å². The third-order valence-electron chi connectivity index (χ3n) is 12.9. The van der Waals surface area contributed by atoms with Crippen molar-refractivity contribution in [2.75, 3.05) is 13.1 Å². The number of benzene rings is 1. The average Bonchev–Trinajstić information content (AvgIpc) is 3.30.